The maximum absolute atomic E-state index is 13.2. The van der Waals surface area contributed by atoms with Crippen LogP contribution < -0.4 is 0 Å². The average Bonchev–Trinajstić information content (AvgIpc) is 2.40. The Hall–Kier alpha value is -2.14. The third-order valence-electron chi connectivity index (χ3n) is 3.42. The van der Waals surface area contributed by atoms with Crippen molar-refractivity contribution < 1.29 is 4.39 Å². The largest absolute Gasteiger partial charge is 0.207 e. The lowest BCUT2D eigenvalue weighted by Gasteiger charge is -2.11. The summed E-state index contributed by atoms with van der Waals surface area (Å²) >= 11 is 0. The minimum atomic E-state index is -0.308. The van der Waals surface area contributed by atoms with Gasteiger partial charge in [-0.05, 0) is 54.7 Å². The average molecular weight is 253 g/mol. The Balaban J connectivity index is 2.24. The van der Waals surface area contributed by atoms with Gasteiger partial charge < -0.3 is 0 Å². The maximum atomic E-state index is 13.2. The van der Waals surface area contributed by atoms with Gasteiger partial charge in [0.1, 0.15) is 5.82 Å². The molecule has 0 spiro atoms. The minimum Gasteiger partial charge on any atom is -0.207 e. The highest BCUT2D eigenvalue weighted by Gasteiger charge is 2.12. The monoisotopic (exact) mass is 253 g/mol. The molecule has 2 aromatic rings. The first-order valence-electron chi connectivity index (χ1n) is 6.31. The van der Waals surface area contributed by atoms with Gasteiger partial charge in [0, 0.05) is 0 Å². The van der Waals surface area contributed by atoms with E-state index in [9.17, 15) is 9.65 Å². The molecule has 1 nitrogen and oxygen atoms in total. The van der Waals surface area contributed by atoms with Crippen LogP contribution in [0.4, 0.5) is 4.39 Å². The number of hydrogen-bond acceptors (Lipinski definition) is 1. The first kappa shape index (κ1) is 13.3. The minimum absolute atomic E-state index is 0.294. The molecule has 2 heteroatoms. The Morgan fingerprint density at radius 2 is 1.89 bits per heavy atom. The number of aryl methyl sites for hydroxylation is 2. The zero-order chi connectivity index (χ0) is 13.8. The van der Waals surface area contributed by atoms with Crippen LogP contribution in [0.5, 0.6) is 0 Å². The van der Waals surface area contributed by atoms with E-state index in [-0.39, 0.29) is 11.7 Å². The number of nitriles is 1. The fraction of sp³-hybridized carbons (Fsp3) is 0.235. The van der Waals surface area contributed by atoms with Crippen LogP contribution >= 0.6 is 0 Å². The van der Waals surface area contributed by atoms with Gasteiger partial charge in [0.05, 0.1) is 12.0 Å². The number of nitrogens with zero attached hydrogens (tertiary/aromatic N) is 1. The van der Waals surface area contributed by atoms with Crippen LogP contribution in [0.25, 0.3) is 0 Å². The maximum Gasteiger partial charge on any atom is 0.123 e. The van der Waals surface area contributed by atoms with Crippen LogP contribution in [0.3, 0.4) is 0 Å². The highest BCUT2D eigenvalue weighted by molar-refractivity contribution is 5.33. The van der Waals surface area contributed by atoms with Crippen molar-refractivity contribution in [2.45, 2.75) is 26.2 Å². The van der Waals surface area contributed by atoms with Gasteiger partial charge in [0.25, 0.3) is 0 Å². The van der Waals surface area contributed by atoms with Crippen molar-refractivity contribution in [3.63, 3.8) is 0 Å². The summed E-state index contributed by atoms with van der Waals surface area (Å²) in [5.74, 6) is -0.601. The van der Waals surface area contributed by atoms with Crippen molar-refractivity contribution >= 4 is 0 Å². The van der Waals surface area contributed by atoms with Gasteiger partial charge in [-0.2, -0.15) is 5.26 Å². The summed E-state index contributed by atoms with van der Waals surface area (Å²) in [6.07, 6.45) is 0.612. The van der Waals surface area contributed by atoms with E-state index in [1.165, 1.54) is 23.3 Å². The third kappa shape index (κ3) is 3.20. The molecule has 0 saturated heterocycles. The summed E-state index contributed by atoms with van der Waals surface area (Å²) in [5, 5.41) is 9.28. The van der Waals surface area contributed by atoms with Crippen LogP contribution in [-0.2, 0) is 6.42 Å². The molecule has 0 bridgehead atoms. The lowest BCUT2D eigenvalue weighted by Crippen LogP contribution is -2.01. The topological polar surface area (TPSA) is 23.8 Å². The smallest absolute Gasteiger partial charge is 0.123 e. The Kier molecular flexibility index (Phi) is 3.97. The zero-order valence-corrected chi connectivity index (χ0v) is 11.2. The first-order valence-corrected chi connectivity index (χ1v) is 6.31. The zero-order valence-electron chi connectivity index (χ0n) is 11.2. The molecule has 1 atom stereocenters. The highest BCUT2D eigenvalue weighted by Crippen LogP contribution is 2.22. The number of rotatable bonds is 3. The molecule has 1 unspecified atom stereocenters. The van der Waals surface area contributed by atoms with E-state index in [4.69, 9.17) is 0 Å². The summed E-state index contributed by atoms with van der Waals surface area (Å²) in [7, 11) is 0. The van der Waals surface area contributed by atoms with Gasteiger partial charge >= 0.3 is 0 Å². The molecule has 0 heterocycles. The number of benzene rings is 2. The van der Waals surface area contributed by atoms with Gasteiger partial charge in [0.15, 0.2) is 0 Å². The third-order valence-corrected chi connectivity index (χ3v) is 3.42. The molecule has 96 valence electrons. The predicted octanol–water partition coefficient (Wildman–Crippen LogP) is 4.29. The molecular weight excluding hydrogens is 237 g/mol. The van der Waals surface area contributed by atoms with E-state index in [1.807, 2.05) is 6.07 Å². The van der Waals surface area contributed by atoms with Crippen molar-refractivity contribution in [1.82, 2.24) is 0 Å². The Morgan fingerprint density at radius 3 is 2.53 bits per heavy atom. The Bertz CT molecular complexity index is 625. The molecule has 0 aromatic heterocycles. The highest BCUT2D eigenvalue weighted by atomic mass is 19.1. The second-order valence-electron chi connectivity index (χ2n) is 4.86. The van der Waals surface area contributed by atoms with E-state index in [2.05, 4.69) is 32.0 Å². The van der Waals surface area contributed by atoms with E-state index < -0.39 is 0 Å². The van der Waals surface area contributed by atoms with Gasteiger partial charge in [-0.25, -0.2) is 4.39 Å². The van der Waals surface area contributed by atoms with E-state index >= 15 is 0 Å². The van der Waals surface area contributed by atoms with Crippen LogP contribution in [0, 0.1) is 31.0 Å². The summed E-state index contributed by atoms with van der Waals surface area (Å²) in [6, 6.07) is 14.7. The molecule has 0 fully saturated rings. The quantitative estimate of drug-likeness (QED) is 0.800. The first-order chi connectivity index (χ1) is 9.10. The SMILES string of the molecule is Cc1ccc(CC(C#N)c2cccc(F)c2)cc1C. The summed E-state index contributed by atoms with van der Waals surface area (Å²) in [6.45, 7) is 4.12. The number of hydrogen-bond donors (Lipinski definition) is 0. The van der Waals surface area contributed by atoms with Crippen molar-refractivity contribution in [1.29, 1.82) is 5.26 Å². The van der Waals surface area contributed by atoms with E-state index in [0.29, 0.717) is 6.42 Å². The normalized spacial score (nSPS) is 11.9. The van der Waals surface area contributed by atoms with Gasteiger partial charge in [-0.3, -0.25) is 0 Å². The lowest BCUT2D eigenvalue weighted by atomic mass is 9.92. The molecule has 0 N–H and O–H groups in total. The van der Waals surface area contributed by atoms with Crippen LogP contribution in [0.15, 0.2) is 42.5 Å². The summed E-state index contributed by atoms with van der Waals surface area (Å²) in [4.78, 5) is 0. The van der Waals surface area contributed by atoms with Gasteiger partial charge in [-0.1, -0.05) is 30.3 Å². The predicted molar refractivity (Wildman–Crippen MR) is 74.4 cm³/mol. The molecule has 0 radical (unpaired) electrons. The van der Waals surface area contributed by atoms with Crippen LogP contribution in [0.1, 0.15) is 28.2 Å². The van der Waals surface area contributed by atoms with Crippen molar-refractivity contribution in [2.24, 2.45) is 0 Å². The summed E-state index contributed by atoms with van der Waals surface area (Å²) < 4.78 is 13.2. The molecule has 2 aromatic carbocycles. The van der Waals surface area contributed by atoms with E-state index in [0.717, 1.165) is 11.1 Å². The molecule has 0 amide bonds. The molecular formula is C17H16FN. The standard InChI is InChI=1S/C17H16FN/c1-12-6-7-14(8-13(12)2)9-16(11-19)15-4-3-5-17(18)10-15/h3-8,10,16H,9H2,1-2H3. The van der Waals surface area contributed by atoms with Crippen LogP contribution in [-0.4, -0.2) is 0 Å². The molecule has 0 aliphatic rings. The lowest BCUT2D eigenvalue weighted by molar-refractivity contribution is 0.623. The molecule has 0 aliphatic carbocycles. The fourth-order valence-electron chi connectivity index (χ4n) is 2.13. The van der Waals surface area contributed by atoms with Gasteiger partial charge in [-0.15, -0.1) is 0 Å². The summed E-state index contributed by atoms with van der Waals surface area (Å²) in [5.41, 5.74) is 4.30. The Morgan fingerprint density at radius 1 is 1.11 bits per heavy atom. The van der Waals surface area contributed by atoms with Crippen molar-refractivity contribution in [3.05, 3.63) is 70.5 Å². The molecule has 0 saturated carbocycles. The molecule has 0 aliphatic heterocycles. The van der Waals surface area contributed by atoms with Crippen LogP contribution in [0.2, 0.25) is 0 Å². The van der Waals surface area contributed by atoms with Crippen molar-refractivity contribution in [2.75, 3.05) is 0 Å². The second-order valence-corrected chi connectivity index (χ2v) is 4.86. The van der Waals surface area contributed by atoms with E-state index in [1.54, 1.807) is 12.1 Å². The van der Waals surface area contributed by atoms with Crippen molar-refractivity contribution in [3.8, 4) is 6.07 Å². The fourth-order valence-corrected chi connectivity index (χ4v) is 2.13. The molecule has 2 rings (SSSR count). The number of halogens is 1. The molecule has 19 heavy (non-hydrogen) atoms. The Labute approximate surface area is 113 Å². The van der Waals surface area contributed by atoms with Gasteiger partial charge in [0.2, 0.25) is 0 Å². The second kappa shape index (κ2) is 5.67.